The van der Waals surface area contributed by atoms with Crippen LogP contribution in [0.15, 0.2) is 12.2 Å². The Morgan fingerprint density at radius 3 is 1.96 bits per heavy atom. The number of unbranched alkanes of at least 4 members (excludes halogenated alkanes) is 8. The molecule has 0 heterocycles. The summed E-state index contributed by atoms with van der Waals surface area (Å²) in [4.78, 5) is 14.1. The molecule has 27 heavy (non-hydrogen) atoms. The van der Waals surface area contributed by atoms with E-state index in [0.717, 1.165) is 19.3 Å². The number of carbonyl (C=O) groups excluding carboxylic acids is 1. The number of aliphatic hydroxyl groups excluding tert-OH is 1. The number of rotatable bonds is 16. The molecule has 0 bridgehead atoms. The summed E-state index contributed by atoms with van der Waals surface area (Å²) in [5, 5.41) is 10.2. The highest BCUT2D eigenvalue weighted by atomic mass is 16.6. The van der Waals surface area contributed by atoms with Crippen molar-refractivity contribution in [2.45, 2.75) is 110 Å². The second-order valence-corrected chi connectivity index (χ2v) is 8.22. The predicted molar refractivity (Wildman–Crippen MR) is 115 cm³/mol. The zero-order valence-electron chi connectivity index (χ0n) is 18.8. The topological polar surface area (TPSA) is 49.8 Å². The van der Waals surface area contributed by atoms with Crippen molar-refractivity contribution in [3.05, 3.63) is 12.2 Å². The molecular weight excluding hydrogens is 338 g/mol. The zero-order chi connectivity index (χ0) is 20.7. The summed E-state index contributed by atoms with van der Waals surface area (Å²) in [6.45, 7) is 7.86. The van der Waals surface area contributed by atoms with Crippen LogP contribution in [0.5, 0.6) is 0 Å². The van der Waals surface area contributed by atoms with Gasteiger partial charge in [0.15, 0.2) is 5.72 Å². The van der Waals surface area contributed by atoms with Crippen LogP contribution in [0.4, 0.5) is 0 Å². The first-order valence-corrected chi connectivity index (χ1v) is 11.0. The quantitative estimate of drug-likeness (QED) is 0.161. The summed E-state index contributed by atoms with van der Waals surface area (Å²) >= 11 is 0. The summed E-state index contributed by atoms with van der Waals surface area (Å²) in [6, 6.07) is 0. The molecule has 4 nitrogen and oxygen atoms in total. The molecule has 0 amide bonds. The Labute approximate surface area is 168 Å². The number of ether oxygens (including phenoxy) is 1. The Morgan fingerprint density at radius 1 is 0.963 bits per heavy atom. The SMILES string of the molecule is CCCCCCCCC=CCCCCC(=O)OC(C(C)C)(C(C)O)N(C)C. The highest BCUT2D eigenvalue weighted by molar-refractivity contribution is 5.69. The maximum absolute atomic E-state index is 12.3. The minimum atomic E-state index is -0.964. The lowest BCUT2D eigenvalue weighted by Gasteiger charge is -2.44. The molecule has 0 aliphatic rings. The number of carbonyl (C=O) groups is 1. The third-order valence-electron chi connectivity index (χ3n) is 5.29. The van der Waals surface area contributed by atoms with Gasteiger partial charge in [-0.25, -0.2) is 0 Å². The van der Waals surface area contributed by atoms with E-state index in [1.54, 1.807) is 6.92 Å². The van der Waals surface area contributed by atoms with Crippen molar-refractivity contribution in [3.63, 3.8) is 0 Å². The van der Waals surface area contributed by atoms with Crippen LogP contribution < -0.4 is 0 Å². The molecule has 0 fully saturated rings. The van der Waals surface area contributed by atoms with E-state index in [1.165, 1.54) is 44.9 Å². The van der Waals surface area contributed by atoms with Crippen molar-refractivity contribution in [3.8, 4) is 0 Å². The molecule has 0 spiro atoms. The number of allylic oxidation sites excluding steroid dienone is 2. The van der Waals surface area contributed by atoms with E-state index in [9.17, 15) is 9.90 Å². The first kappa shape index (κ1) is 26.1. The van der Waals surface area contributed by atoms with Gasteiger partial charge in [-0.05, 0) is 53.1 Å². The predicted octanol–water partition coefficient (Wildman–Crippen LogP) is 5.69. The average Bonchev–Trinajstić information content (AvgIpc) is 2.59. The average molecular weight is 384 g/mol. The number of aliphatic hydroxyl groups is 1. The van der Waals surface area contributed by atoms with Crippen LogP contribution in [0, 0.1) is 5.92 Å². The number of hydrogen-bond acceptors (Lipinski definition) is 4. The van der Waals surface area contributed by atoms with E-state index in [4.69, 9.17) is 4.74 Å². The van der Waals surface area contributed by atoms with E-state index in [2.05, 4.69) is 19.1 Å². The number of nitrogens with zero attached hydrogens (tertiary/aromatic N) is 1. The van der Waals surface area contributed by atoms with Crippen molar-refractivity contribution in [1.82, 2.24) is 4.90 Å². The van der Waals surface area contributed by atoms with Gasteiger partial charge in [-0.1, -0.05) is 65.0 Å². The van der Waals surface area contributed by atoms with Crippen LogP contribution in [0.25, 0.3) is 0 Å². The number of esters is 1. The molecule has 0 aromatic heterocycles. The van der Waals surface area contributed by atoms with Gasteiger partial charge >= 0.3 is 5.97 Å². The first-order chi connectivity index (χ1) is 12.8. The Hall–Kier alpha value is -0.870. The molecule has 0 aliphatic heterocycles. The summed E-state index contributed by atoms with van der Waals surface area (Å²) < 4.78 is 5.74. The largest absolute Gasteiger partial charge is 0.441 e. The molecule has 1 N–H and O–H groups in total. The summed E-state index contributed by atoms with van der Waals surface area (Å²) in [5.41, 5.74) is -0.964. The zero-order valence-corrected chi connectivity index (χ0v) is 18.8. The van der Waals surface area contributed by atoms with Gasteiger partial charge < -0.3 is 9.84 Å². The minimum Gasteiger partial charge on any atom is -0.441 e. The van der Waals surface area contributed by atoms with Gasteiger partial charge in [0.05, 0.1) is 0 Å². The van der Waals surface area contributed by atoms with Crippen molar-refractivity contribution in [1.29, 1.82) is 0 Å². The second-order valence-electron chi connectivity index (χ2n) is 8.22. The second kappa shape index (κ2) is 15.1. The fraction of sp³-hybridized carbons (Fsp3) is 0.870. The van der Waals surface area contributed by atoms with Crippen LogP contribution >= 0.6 is 0 Å². The van der Waals surface area contributed by atoms with E-state index < -0.39 is 11.8 Å². The Kier molecular flexibility index (Phi) is 14.6. The fourth-order valence-electron chi connectivity index (χ4n) is 3.71. The van der Waals surface area contributed by atoms with Crippen LogP contribution in [0.3, 0.4) is 0 Å². The maximum Gasteiger partial charge on any atom is 0.307 e. The molecule has 0 saturated carbocycles. The van der Waals surface area contributed by atoms with E-state index in [-0.39, 0.29) is 11.9 Å². The van der Waals surface area contributed by atoms with E-state index in [0.29, 0.717) is 6.42 Å². The summed E-state index contributed by atoms with van der Waals surface area (Å²) in [6.07, 6.45) is 16.2. The molecule has 2 unspecified atom stereocenters. The third-order valence-corrected chi connectivity index (χ3v) is 5.29. The van der Waals surface area contributed by atoms with Gasteiger partial charge in [0, 0.05) is 12.3 Å². The molecule has 0 aromatic carbocycles. The van der Waals surface area contributed by atoms with E-state index in [1.807, 2.05) is 32.8 Å². The molecule has 0 aliphatic carbocycles. The summed E-state index contributed by atoms with van der Waals surface area (Å²) in [7, 11) is 3.68. The van der Waals surface area contributed by atoms with Crippen LogP contribution in [-0.4, -0.2) is 41.9 Å². The van der Waals surface area contributed by atoms with Crippen molar-refractivity contribution < 1.29 is 14.6 Å². The minimum absolute atomic E-state index is 0.00126. The molecule has 0 radical (unpaired) electrons. The molecule has 4 heteroatoms. The van der Waals surface area contributed by atoms with Gasteiger partial charge in [0.25, 0.3) is 0 Å². The Bertz CT molecular complexity index is 381. The molecule has 0 saturated heterocycles. The lowest BCUT2D eigenvalue weighted by Crippen LogP contribution is -2.59. The standard InChI is InChI=1S/C23H45NO3/c1-7-8-9-10-11-12-13-14-15-16-17-18-19-22(26)27-23(20(2)3,21(4)25)24(5)6/h14-15,20-21,25H,7-13,16-19H2,1-6H3. The smallest absolute Gasteiger partial charge is 0.307 e. The fourth-order valence-corrected chi connectivity index (χ4v) is 3.71. The van der Waals surface area contributed by atoms with Gasteiger partial charge in [-0.3, -0.25) is 9.69 Å². The molecule has 160 valence electrons. The van der Waals surface area contributed by atoms with Gasteiger partial charge in [0.2, 0.25) is 0 Å². The summed E-state index contributed by atoms with van der Waals surface area (Å²) in [5.74, 6) is -0.226. The van der Waals surface area contributed by atoms with Crippen molar-refractivity contribution in [2.75, 3.05) is 14.1 Å². The highest BCUT2D eigenvalue weighted by Crippen LogP contribution is 2.29. The van der Waals surface area contributed by atoms with E-state index >= 15 is 0 Å². The van der Waals surface area contributed by atoms with Crippen LogP contribution in [-0.2, 0) is 9.53 Å². The Balaban J connectivity index is 3.98. The van der Waals surface area contributed by atoms with Gasteiger partial charge in [-0.15, -0.1) is 0 Å². The van der Waals surface area contributed by atoms with Crippen molar-refractivity contribution >= 4 is 5.97 Å². The molecule has 2 atom stereocenters. The maximum atomic E-state index is 12.3. The number of hydrogen-bond donors (Lipinski definition) is 1. The van der Waals surface area contributed by atoms with Crippen LogP contribution in [0.2, 0.25) is 0 Å². The van der Waals surface area contributed by atoms with Gasteiger partial charge in [-0.2, -0.15) is 0 Å². The lowest BCUT2D eigenvalue weighted by atomic mass is 9.93. The molecular formula is C23H45NO3. The molecule has 0 aromatic rings. The van der Waals surface area contributed by atoms with Crippen molar-refractivity contribution in [2.24, 2.45) is 5.92 Å². The Morgan fingerprint density at radius 2 is 1.48 bits per heavy atom. The third kappa shape index (κ3) is 10.3. The highest BCUT2D eigenvalue weighted by Gasteiger charge is 2.44. The molecule has 0 rings (SSSR count). The number of likely N-dealkylation sites (N-methyl/N-ethyl adjacent to an activating group) is 1. The van der Waals surface area contributed by atoms with Gasteiger partial charge in [0.1, 0.15) is 6.10 Å². The van der Waals surface area contributed by atoms with Crippen LogP contribution in [0.1, 0.15) is 98.3 Å². The first-order valence-electron chi connectivity index (χ1n) is 11.0. The monoisotopic (exact) mass is 383 g/mol. The normalized spacial score (nSPS) is 15.4. The lowest BCUT2D eigenvalue weighted by molar-refractivity contribution is -0.220.